The number of hydrogen-bond acceptors (Lipinski definition) is 3. The van der Waals surface area contributed by atoms with Crippen LogP contribution >= 0.6 is 0 Å². The number of likely N-dealkylation sites (tertiary alicyclic amines) is 1. The molecule has 1 N–H and O–H groups in total. The molecule has 1 aromatic carbocycles. The highest BCUT2D eigenvalue weighted by Crippen LogP contribution is 2.21. The molecule has 1 atom stereocenters. The van der Waals surface area contributed by atoms with Gasteiger partial charge in [0.05, 0.1) is 6.42 Å². The summed E-state index contributed by atoms with van der Waals surface area (Å²) in [5, 5.41) is 3.13. The number of anilines is 1. The van der Waals surface area contributed by atoms with Crippen LogP contribution in [0.4, 0.5) is 5.69 Å². The van der Waals surface area contributed by atoms with Gasteiger partial charge in [0.15, 0.2) is 0 Å². The van der Waals surface area contributed by atoms with Crippen molar-refractivity contribution in [3.63, 3.8) is 0 Å². The van der Waals surface area contributed by atoms with Gasteiger partial charge in [-0.05, 0) is 25.5 Å². The number of hydrogen-bond donors (Lipinski definition) is 1. The molecule has 1 fully saturated rings. The van der Waals surface area contributed by atoms with E-state index in [2.05, 4.69) is 5.32 Å². The van der Waals surface area contributed by atoms with Crippen molar-refractivity contribution in [3.8, 4) is 0 Å². The number of carbonyl (C=O) groups is 2. The van der Waals surface area contributed by atoms with Crippen molar-refractivity contribution < 1.29 is 9.59 Å². The van der Waals surface area contributed by atoms with Crippen LogP contribution in [0.2, 0.25) is 0 Å². The molecule has 90 valence electrons. The zero-order valence-corrected chi connectivity index (χ0v) is 10.3. The fourth-order valence-electron chi connectivity index (χ4n) is 2.03. The standard InChI is InChI=1S/C13H16N2O2/c1-8-4-5-10(9(2)6-8)14-11-7-12(16)15(3)13(11)17/h4-6,11,14H,7H2,1-3H3/t11-/m0/s1. The lowest BCUT2D eigenvalue weighted by Gasteiger charge is -2.14. The lowest BCUT2D eigenvalue weighted by Crippen LogP contribution is -2.31. The normalized spacial score (nSPS) is 19.9. The number of aryl methyl sites for hydroxylation is 2. The van der Waals surface area contributed by atoms with E-state index in [0.717, 1.165) is 11.3 Å². The largest absolute Gasteiger partial charge is 0.373 e. The fraction of sp³-hybridized carbons (Fsp3) is 0.385. The SMILES string of the molecule is Cc1ccc(N[C@H]2CC(=O)N(C)C2=O)c(C)c1. The summed E-state index contributed by atoms with van der Waals surface area (Å²) in [6.07, 6.45) is 0.239. The number of imide groups is 1. The Labute approximate surface area is 101 Å². The average molecular weight is 232 g/mol. The molecule has 1 aliphatic rings. The number of nitrogens with one attached hydrogen (secondary N) is 1. The van der Waals surface area contributed by atoms with Crippen LogP contribution in [0.5, 0.6) is 0 Å². The summed E-state index contributed by atoms with van der Waals surface area (Å²) < 4.78 is 0. The van der Waals surface area contributed by atoms with Gasteiger partial charge in [0.25, 0.3) is 5.91 Å². The minimum atomic E-state index is -0.422. The van der Waals surface area contributed by atoms with Crippen LogP contribution < -0.4 is 5.32 Å². The molecule has 4 heteroatoms. The molecule has 0 saturated carbocycles. The highest BCUT2D eigenvalue weighted by molar-refractivity contribution is 6.06. The van der Waals surface area contributed by atoms with Gasteiger partial charge in [0.1, 0.15) is 6.04 Å². The summed E-state index contributed by atoms with van der Waals surface area (Å²) in [4.78, 5) is 24.3. The van der Waals surface area contributed by atoms with Crippen LogP contribution in [0.3, 0.4) is 0 Å². The Kier molecular flexibility index (Phi) is 2.88. The molecule has 1 heterocycles. The Morgan fingerprint density at radius 3 is 2.53 bits per heavy atom. The molecule has 17 heavy (non-hydrogen) atoms. The molecule has 0 bridgehead atoms. The molecular weight excluding hydrogens is 216 g/mol. The summed E-state index contributed by atoms with van der Waals surface area (Å²) in [5.41, 5.74) is 3.18. The Hall–Kier alpha value is -1.84. The molecule has 2 rings (SSSR count). The monoisotopic (exact) mass is 232 g/mol. The summed E-state index contributed by atoms with van der Waals surface area (Å²) in [6, 6.07) is 5.56. The van der Waals surface area contributed by atoms with Crippen molar-refractivity contribution in [2.24, 2.45) is 0 Å². The lowest BCUT2D eigenvalue weighted by molar-refractivity contribution is -0.136. The molecule has 0 spiro atoms. The van der Waals surface area contributed by atoms with Gasteiger partial charge in [-0.15, -0.1) is 0 Å². The predicted octanol–water partition coefficient (Wildman–Crippen LogP) is 1.47. The third-order valence-corrected chi connectivity index (χ3v) is 3.09. The van der Waals surface area contributed by atoms with Crippen LogP contribution in [0, 0.1) is 13.8 Å². The number of amides is 2. The first-order chi connectivity index (χ1) is 7.99. The zero-order valence-electron chi connectivity index (χ0n) is 10.3. The molecule has 1 saturated heterocycles. The maximum absolute atomic E-state index is 11.7. The molecule has 0 aliphatic carbocycles. The van der Waals surface area contributed by atoms with Crippen LogP contribution in [0.15, 0.2) is 18.2 Å². The molecule has 4 nitrogen and oxygen atoms in total. The van der Waals surface area contributed by atoms with Crippen molar-refractivity contribution in [2.75, 3.05) is 12.4 Å². The molecule has 0 radical (unpaired) electrons. The van der Waals surface area contributed by atoms with Gasteiger partial charge in [-0.3, -0.25) is 14.5 Å². The van der Waals surface area contributed by atoms with Crippen LogP contribution in [0.25, 0.3) is 0 Å². The van der Waals surface area contributed by atoms with Crippen molar-refractivity contribution in [1.82, 2.24) is 4.90 Å². The molecule has 2 amide bonds. The summed E-state index contributed by atoms with van der Waals surface area (Å²) in [6.45, 7) is 4.01. The minimum absolute atomic E-state index is 0.128. The molecule has 1 aromatic rings. The van der Waals surface area contributed by atoms with Gasteiger partial charge >= 0.3 is 0 Å². The van der Waals surface area contributed by atoms with Gasteiger partial charge in [-0.25, -0.2) is 0 Å². The first kappa shape index (κ1) is 11.6. The van der Waals surface area contributed by atoms with E-state index >= 15 is 0 Å². The van der Waals surface area contributed by atoms with E-state index in [1.165, 1.54) is 17.5 Å². The fourth-order valence-corrected chi connectivity index (χ4v) is 2.03. The number of likely N-dealkylation sites (N-methyl/N-ethyl adjacent to an activating group) is 1. The van der Waals surface area contributed by atoms with E-state index in [-0.39, 0.29) is 18.2 Å². The lowest BCUT2D eigenvalue weighted by atomic mass is 10.1. The predicted molar refractivity (Wildman–Crippen MR) is 65.7 cm³/mol. The first-order valence-electron chi connectivity index (χ1n) is 5.63. The highest BCUT2D eigenvalue weighted by Gasteiger charge is 2.35. The average Bonchev–Trinajstić information content (AvgIpc) is 2.50. The van der Waals surface area contributed by atoms with Crippen LogP contribution in [0.1, 0.15) is 17.5 Å². The van der Waals surface area contributed by atoms with Crippen molar-refractivity contribution >= 4 is 17.5 Å². The second-order valence-corrected chi connectivity index (χ2v) is 4.51. The van der Waals surface area contributed by atoms with Crippen LogP contribution in [-0.2, 0) is 9.59 Å². The van der Waals surface area contributed by atoms with E-state index in [4.69, 9.17) is 0 Å². The van der Waals surface area contributed by atoms with Crippen molar-refractivity contribution in [3.05, 3.63) is 29.3 Å². The van der Waals surface area contributed by atoms with Crippen molar-refractivity contribution in [1.29, 1.82) is 0 Å². The topological polar surface area (TPSA) is 49.4 Å². The quantitative estimate of drug-likeness (QED) is 0.786. The number of carbonyl (C=O) groups excluding carboxylic acids is 2. The third-order valence-electron chi connectivity index (χ3n) is 3.09. The van der Waals surface area contributed by atoms with Crippen molar-refractivity contribution in [2.45, 2.75) is 26.3 Å². The van der Waals surface area contributed by atoms with Gasteiger partial charge in [-0.1, -0.05) is 17.7 Å². The van der Waals surface area contributed by atoms with Gasteiger partial charge in [0.2, 0.25) is 5.91 Å². The number of nitrogens with zero attached hydrogens (tertiary/aromatic N) is 1. The van der Waals surface area contributed by atoms with E-state index in [1.807, 2.05) is 32.0 Å². The zero-order chi connectivity index (χ0) is 12.6. The van der Waals surface area contributed by atoms with E-state index in [1.54, 1.807) is 0 Å². The second-order valence-electron chi connectivity index (χ2n) is 4.51. The molecule has 0 unspecified atom stereocenters. The van der Waals surface area contributed by atoms with Crippen LogP contribution in [-0.4, -0.2) is 29.8 Å². The van der Waals surface area contributed by atoms with E-state index < -0.39 is 6.04 Å². The smallest absolute Gasteiger partial charge is 0.251 e. The number of rotatable bonds is 2. The van der Waals surface area contributed by atoms with Gasteiger partial charge in [0, 0.05) is 12.7 Å². The van der Waals surface area contributed by atoms with E-state index in [0.29, 0.717) is 0 Å². The van der Waals surface area contributed by atoms with Gasteiger partial charge < -0.3 is 5.32 Å². The third kappa shape index (κ3) is 2.16. The minimum Gasteiger partial charge on any atom is -0.373 e. The highest BCUT2D eigenvalue weighted by atomic mass is 16.2. The van der Waals surface area contributed by atoms with E-state index in [9.17, 15) is 9.59 Å². The number of benzene rings is 1. The summed E-state index contributed by atoms with van der Waals surface area (Å²) >= 11 is 0. The Balaban J connectivity index is 2.17. The Morgan fingerprint density at radius 1 is 1.29 bits per heavy atom. The second kappa shape index (κ2) is 4.20. The Morgan fingerprint density at radius 2 is 2.00 bits per heavy atom. The maximum Gasteiger partial charge on any atom is 0.251 e. The molecule has 0 aromatic heterocycles. The maximum atomic E-state index is 11.7. The summed E-state index contributed by atoms with van der Waals surface area (Å²) in [7, 11) is 1.52. The Bertz CT molecular complexity index is 482. The molecular formula is C13H16N2O2. The molecule has 1 aliphatic heterocycles. The van der Waals surface area contributed by atoms with Gasteiger partial charge in [-0.2, -0.15) is 0 Å². The summed E-state index contributed by atoms with van der Waals surface area (Å²) in [5.74, 6) is -0.285. The first-order valence-corrected chi connectivity index (χ1v) is 5.63.